The van der Waals surface area contributed by atoms with Gasteiger partial charge in [0.2, 0.25) is 0 Å². The molecule has 0 aliphatic heterocycles. The molecule has 0 atom stereocenters. The Morgan fingerprint density at radius 1 is 1.00 bits per heavy atom. The van der Waals surface area contributed by atoms with Crippen molar-refractivity contribution < 1.29 is 18.7 Å². The zero-order valence-electron chi connectivity index (χ0n) is 11.6. The van der Waals surface area contributed by atoms with Crippen molar-refractivity contribution in [1.29, 1.82) is 0 Å². The van der Waals surface area contributed by atoms with Gasteiger partial charge in [0.1, 0.15) is 17.3 Å². The van der Waals surface area contributed by atoms with Crippen LogP contribution in [-0.4, -0.2) is 20.3 Å². The zero-order chi connectivity index (χ0) is 15.2. The zero-order valence-corrected chi connectivity index (χ0v) is 11.6. The normalized spacial score (nSPS) is 9.86. The van der Waals surface area contributed by atoms with Gasteiger partial charge < -0.3 is 20.1 Å². The van der Waals surface area contributed by atoms with Gasteiger partial charge in [-0.25, -0.2) is 9.18 Å². The van der Waals surface area contributed by atoms with E-state index in [-0.39, 0.29) is 5.75 Å². The molecule has 0 radical (unpaired) electrons. The quantitative estimate of drug-likeness (QED) is 0.906. The molecule has 110 valence electrons. The molecule has 5 nitrogen and oxygen atoms in total. The van der Waals surface area contributed by atoms with E-state index in [4.69, 9.17) is 9.47 Å². The van der Waals surface area contributed by atoms with Crippen LogP contribution in [0.3, 0.4) is 0 Å². The summed E-state index contributed by atoms with van der Waals surface area (Å²) < 4.78 is 23.1. The third-order valence-electron chi connectivity index (χ3n) is 2.76. The molecule has 0 spiro atoms. The minimum atomic E-state index is -0.454. The average Bonchev–Trinajstić information content (AvgIpc) is 2.49. The van der Waals surface area contributed by atoms with E-state index in [1.165, 1.54) is 25.3 Å². The molecule has 0 heterocycles. The van der Waals surface area contributed by atoms with Gasteiger partial charge in [-0.3, -0.25) is 0 Å². The predicted molar refractivity (Wildman–Crippen MR) is 78.6 cm³/mol. The molecule has 21 heavy (non-hydrogen) atoms. The van der Waals surface area contributed by atoms with Crippen molar-refractivity contribution in [2.45, 2.75) is 0 Å². The first-order valence-electron chi connectivity index (χ1n) is 6.18. The third kappa shape index (κ3) is 3.85. The fourth-order valence-corrected chi connectivity index (χ4v) is 1.73. The van der Waals surface area contributed by atoms with Crippen molar-refractivity contribution in [3.8, 4) is 11.5 Å². The van der Waals surface area contributed by atoms with E-state index in [2.05, 4.69) is 10.6 Å². The van der Waals surface area contributed by atoms with Crippen LogP contribution in [0.2, 0.25) is 0 Å². The Balaban J connectivity index is 2.04. The summed E-state index contributed by atoms with van der Waals surface area (Å²) >= 11 is 0. The van der Waals surface area contributed by atoms with Crippen LogP contribution in [0, 0.1) is 5.82 Å². The number of rotatable bonds is 4. The number of halogens is 1. The fraction of sp³-hybridized carbons (Fsp3) is 0.133. The first kappa shape index (κ1) is 14.6. The second-order valence-electron chi connectivity index (χ2n) is 4.15. The van der Waals surface area contributed by atoms with E-state index in [1.54, 1.807) is 31.4 Å². The Morgan fingerprint density at radius 3 is 2.33 bits per heavy atom. The number of anilines is 2. The maximum absolute atomic E-state index is 13.1. The number of hydrogen-bond acceptors (Lipinski definition) is 3. The van der Waals surface area contributed by atoms with Gasteiger partial charge in [-0.05, 0) is 36.4 Å². The van der Waals surface area contributed by atoms with Gasteiger partial charge in [-0.2, -0.15) is 0 Å². The van der Waals surface area contributed by atoms with Gasteiger partial charge in [-0.15, -0.1) is 0 Å². The van der Waals surface area contributed by atoms with Gasteiger partial charge in [0.25, 0.3) is 0 Å². The number of carbonyl (C=O) groups is 1. The Labute approximate surface area is 121 Å². The van der Waals surface area contributed by atoms with Crippen LogP contribution in [0.5, 0.6) is 11.5 Å². The summed E-state index contributed by atoms with van der Waals surface area (Å²) in [6.07, 6.45) is 0. The second-order valence-corrected chi connectivity index (χ2v) is 4.15. The number of hydrogen-bond donors (Lipinski definition) is 2. The summed E-state index contributed by atoms with van der Waals surface area (Å²) in [5.74, 6) is 0.508. The predicted octanol–water partition coefficient (Wildman–Crippen LogP) is 3.49. The summed E-state index contributed by atoms with van der Waals surface area (Å²) in [6.45, 7) is 0. The molecule has 2 rings (SSSR count). The highest BCUT2D eigenvalue weighted by Gasteiger charge is 2.08. The smallest absolute Gasteiger partial charge is 0.323 e. The van der Waals surface area contributed by atoms with Crippen LogP contribution in [-0.2, 0) is 0 Å². The van der Waals surface area contributed by atoms with Crippen molar-refractivity contribution >= 4 is 17.4 Å². The average molecular weight is 290 g/mol. The summed E-state index contributed by atoms with van der Waals surface area (Å²) in [7, 11) is 2.97. The van der Waals surface area contributed by atoms with Crippen molar-refractivity contribution in [3.63, 3.8) is 0 Å². The molecule has 0 fully saturated rings. The number of carbonyl (C=O) groups excluding carboxylic acids is 1. The van der Waals surface area contributed by atoms with Crippen molar-refractivity contribution in [1.82, 2.24) is 0 Å². The Kier molecular flexibility index (Phi) is 4.61. The molecule has 2 aromatic carbocycles. The standard InChI is InChI=1S/C15H15FN2O3/c1-20-12-6-4-11(5-7-12)17-15(19)18-13-8-3-10(16)9-14(13)21-2/h3-9H,1-2H3,(H2,17,18,19). The summed E-state index contributed by atoms with van der Waals surface area (Å²) in [5.41, 5.74) is 0.985. The van der Waals surface area contributed by atoms with Gasteiger partial charge in [0.15, 0.2) is 0 Å². The molecule has 0 saturated heterocycles. The van der Waals surface area contributed by atoms with Gasteiger partial charge in [0.05, 0.1) is 19.9 Å². The molecule has 0 unspecified atom stereocenters. The first-order chi connectivity index (χ1) is 10.1. The van der Waals surface area contributed by atoms with Crippen LogP contribution in [0.15, 0.2) is 42.5 Å². The Morgan fingerprint density at radius 2 is 1.71 bits per heavy atom. The molecular formula is C15H15FN2O3. The maximum atomic E-state index is 13.1. The van der Waals surface area contributed by atoms with Gasteiger partial charge >= 0.3 is 6.03 Å². The molecular weight excluding hydrogens is 275 g/mol. The van der Waals surface area contributed by atoms with Crippen molar-refractivity contribution in [2.24, 2.45) is 0 Å². The highest BCUT2D eigenvalue weighted by atomic mass is 19.1. The number of benzene rings is 2. The van der Waals surface area contributed by atoms with E-state index >= 15 is 0 Å². The lowest BCUT2D eigenvalue weighted by Crippen LogP contribution is -2.19. The fourth-order valence-electron chi connectivity index (χ4n) is 1.73. The van der Waals surface area contributed by atoms with Crippen LogP contribution < -0.4 is 20.1 Å². The minimum absolute atomic E-state index is 0.250. The monoisotopic (exact) mass is 290 g/mol. The number of urea groups is 1. The summed E-state index contributed by atoms with van der Waals surface area (Å²) in [5, 5.41) is 5.25. The first-order valence-corrected chi connectivity index (χ1v) is 6.18. The third-order valence-corrected chi connectivity index (χ3v) is 2.76. The van der Waals surface area contributed by atoms with Crippen molar-refractivity contribution in [2.75, 3.05) is 24.9 Å². The largest absolute Gasteiger partial charge is 0.497 e. The lowest BCUT2D eigenvalue weighted by molar-refractivity contribution is 0.262. The molecule has 0 aromatic heterocycles. The van der Waals surface area contributed by atoms with Crippen molar-refractivity contribution in [3.05, 3.63) is 48.3 Å². The molecule has 0 bridgehead atoms. The second kappa shape index (κ2) is 6.60. The van der Waals surface area contributed by atoms with E-state index in [9.17, 15) is 9.18 Å². The lowest BCUT2D eigenvalue weighted by Gasteiger charge is -2.11. The number of amides is 2. The summed E-state index contributed by atoms with van der Waals surface area (Å²) in [4.78, 5) is 11.9. The SMILES string of the molecule is COc1ccc(NC(=O)Nc2ccc(F)cc2OC)cc1. The molecule has 0 aliphatic carbocycles. The number of nitrogens with one attached hydrogen (secondary N) is 2. The van der Waals surface area contributed by atoms with E-state index in [0.29, 0.717) is 17.1 Å². The Bertz CT molecular complexity index is 629. The minimum Gasteiger partial charge on any atom is -0.497 e. The van der Waals surface area contributed by atoms with Crippen LogP contribution in [0.25, 0.3) is 0 Å². The lowest BCUT2D eigenvalue weighted by atomic mass is 10.3. The van der Waals surface area contributed by atoms with E-state index in [1.807, 2.05) is 0 Å². The van der Waals surface area contributed by atoms with Gasteiger partial charge in [0, 0.05) is 11.8 Å². The van der Waals surface area contributed by atoms with E-state index in [0.717, 1.165) is 0 Å². The summed E-state index contributed by atoms with van der Waals surface area (Å²) in [6, 6.07) is 10.3. The molecule has 2 aromatic rings. The molecule has 6 heteroatoms. The van der Waals surface area contributed by atoms with Crippen LogP contribution >= 0.6 is 0 Å². The van der Waals surface area contributed by atoms with Crippen LogP contribution in [0.1, 0.15) is 0 Å². The topological polar surface area (TPSA) is 59.6 Å². The number of methoxy groups -OCH3 is 2. The molecule has 2 N–H and O–H groups in total. The highest BCUT2D eigenvalue weighted by Crippen LogP contribution is 2.25. The van der Waals surface area contributed by atoms with Gasteiger partial charge in [-0.1, -0.05) is 0 Å². The van der Waals surface area contributed by atoms with Crippen LogP contribution in [0.4, 0.5) is 20.6 Å². The number of ether oxygens (including phenoxy) is 2. The molecule has 2 amide bonds. The highest BCUT2D eigenvalue weighted by molar-refractivity contribution is 6.00. The molecule has 0 aliphatic rings. The molecule has 0 saturated carbocycles. The maximum Gasteiger partial charge on any atom is 0.323 e. The Hall–Kier alpha value is -2.76. The van der Waals surface area contributed by atoms with E-state index < -0.39 is 11.8 Å².